The second kappa shape index (κ2) is 6.91. The number of hydrogen-bond donors (Lipinski definition) is 2. The SMILES string of the molecule is CN(C)c1ccc(CNC(=O)CCCN)cc1. The fourth-order valence-electron chi connectivity index (χ4n) is 1.46. The van der Waals surface area contributed by atoms with E-state index in [1.807, 2.05) is 43.3 Å². The summed E-state index contributed by atoms with van der Waals surface area (Å²) in [6.07, 6.45) is 1.25. The first-order valence-corrected chi connectivity index (χ1v) is 5.86. The second-order valence-electron chi connectivity index (χ2n) is 4.23. The number of nitrogens with two attached hydrogens (primary N) is 1. The van der Waals surface area contributed by atoms with Crippen LogP contribution in [0.5, 0.6) is 0 Å². The highest BCUT2D eigenvalue weighted by Gasteiger charge is 2.01. The standard InChI is InChI=1S/C13H21N3O/c1-16(2)12-7-5-11(6-8-12)10-15-13(17)4-3-9-14/h5-8H,3-4,9-10,14H2,1-2H3,(H,15,17). The predicted molar refractivity (Wildman–Crippen MR) is 70.9 cm³/mol. The van der Waals surface area contributed by atoms with E-state index in [0.717, 1.165) is 17.7 Å². The van der Waals surface area contributed by atoms with Crippen molar-refractivity contribution in [3.63, 3.8) is 0 Å². The molecule has 4 nitrogen and oxygen atoms in total. The Bertz CT molecular complexity index is 346. The molecule has 0 heterocycles. The van der Waals surface area contributed by atoms with Gasteiger partial charge in [0, 0.05) is 32.7 Å². The molecule has 1 amide bonds. The molecule has 17 heavy (non-hydrogen) atoms. The van der Waals surface area contributed by atoms with Crippen molar-refractivity contribution in [2.75, 3.05) is 25.5 Å². The molecule has 0 bridgehead atoms. The topological polar surface area (TPSA) is 58.4 Å². The molecule has 3 N–H and O–H groups in total. The van der Waals surface area contributed by atoms with Gasteiger partial charge in [-0.15, -0.1) is 0 Å². The summed E-state index contributed by atoms with van der Waals surface area (Å²) >= 11 is 0. The normalized spacial score (nSPS) is 10.1. The van der Waals surface area contributed by atoms with Crippen molar-refractivity contribution in [1.29, 1.82) is 0 Å². The molecule has 94 valence electrons. The Morgan fingerprint density at radius 3 is 2.47 bits per heavy atom. The number of amides is 1. The molecule has 0 saturated heterocycles. The average molecular weight is 235 g/mol. The summed E-state index contributed by atoms with van der Waals surface area (Å²) in [6.45, 7) is 1.14. The van der Waals surface area contributed by atoms with Gasteiger partial charge in [-0.25, -0.2) is 0 Å². The van der Waals surface area contributed by atoms with E-state index in [0.29, 0.717) is 19.5 Å². The zero-order valence-electron chi connectivity index (χ0n) is 10.6. The lowest BCUT2D eigenvalue weighted by Gasteiger charge is -2.12. The number of anilines is 1. The van der Waals surface area contributed by atoms with Crippen LogP contribution in [0.1, 0.15) is 18.4 Å². The minimum absolute atomic E-state index is 0.0622. The van der Waals surface area contributed by atoms with Gasteiger partial charge in [0.15, 0.2) is 0 Å². The third-order valence-corrected chi connectivity index (χ3v) is 2.55. The third kappa shape index (κ3) is 4.87. The van der Waals surface area contributed by atoms with E-state index in [9.17, 15) is 4.79 Å². The number of rotatable bonds is 6. The molecule has 4 heteroatoms. The Hall–Kier alpha value is -1.55. The van der Waals surface area contributed by atoms with Crippen molar-refractivity contribution < 1.29 is 4.79 Å². The van der Waals surface area contributed by atoms with Crippen LogP contribution in [0, 0.1) is 0 Å². The van der Waals surface area contributed by atoms with Crippen LogP contribution in [0.15, 0.2) is 24.3 Å². The first-order chi connectivity index (χ1) is 8.13. The smallest absolute Gasteiger partial charge is 0.220 e. The van der Waals surface area contributed by atoms with Gasteiger partial charge in [-0.2, -0.15) is 0 Å². The highest BCUT2D eigenvalue weighted by molar-refractivity contribution is 5.75. The average Bonchev–Trinajstić information content (AvgIpc) is 2.34. The summed E-state index contributed by atoms with van der Waals surface area (Å²) in [5.74, 6) is 0.0622. The van der Waals surface area contributed by atoms with E-state index in [4.69, 9.17) is 5.73 Å². The first-order valence-electron chi connectivity index (χ1n) is 5.86. The monoisotopic (exact) mass is 235 g/mol. The van der Waals surface area contributed by atoms with E-state index < -0.39 is 0 Å². The van der Waals surface area contributed by atoms with E-state index in [1.54, 1.807) is 0 Å². The van der Waals surface area contributed by atoms with Gasteiger partial charge in [0.1, 0.15) is 0 Å². The van der Waals surface area contributed by atoms with Gasteiger partial charge in [0.25, 0.3) is 0 Å². The zero-order valence-corrected chi connectivity index (χ0v) is 10.6. The fourth-order valence-corrected chi connectivity index (χ4v) is 1.46. The first kappa shape index (κ1) is 13.5. The molecular weight excluding hydrogens is 214 g/mol. The van der Waals surface area contributed by atoms with Crippen LogP contribution in [0.3, 0.4) is 0 Å². The van der Waals surface area contributed by atoms with Crippen molar-refractivity contribution in [3.05, 3.63) is 29.8 Å². The predicted octanol–water partition coefficient (Wildman–Crippen LogP) is 1.11. The van der Waals surface area contributed by atoms with Crippen molar-refractivity contribution >= 4 is 11.6 Å². The molecular formula is C13H21N3O. The van der Waals surface area contributed by atoms with Crippen LogP contribution in [0.4, 0.5) is 5.69 Å². The number of carbonyl (C=O) groups excluding carboxylic acids is 1. The maximum absolute atomic E-state index is 11.4. The van der Waals surface area contributed by atoms with Crippen molar-refractivity contribution in [2.24, 2.45) is 5.73 Å². The number of carbonyl (C=O) groups is 1. The van der Waals surface area contributed by atoms with Crippen LogP contribution >= 0.6 is 0 Å². The third-order valence-electron chi connectivity index (χ3n) is 2.55. The lowest BCUT2D eigenvalue weighted by Crippen LogP contribution is -2.23. The highest BCUT2D eigenvalue weighted by atomic mass is 16.1. The molecule has 1 aromatic rings. The van der Waals surface area contributed by atoms with E-state index >= 15 is 0 Å². The summed E-state index contributed by atoms with van der Waals surface area (Å²) in [5.41, 5.74) is 7.61. The minimum Gasteiger partial charge on any atom is -0.378 e. The van der Waals surface area contributed by atoms with Crippen molar-refractivity contribution in [3.8, 4) is 0 Å². The Balaban J connectivity index is 2.39. The van der Waals surface area contributed by atoms with E-state index in [1.165, 1.54) is 0 Å². The molecule has 1 aromatic carbocycles. The molecule has 0 aliphatic rings. The van der Waals surface area contributed by atoms with Gasteiger partial charge in [-0.3, -0.25) is 4.79 Å². The summed E-state index contributed by atoms with van der Waals surface area (Å²) in [7, 11) is 4.01. The largest absolute Gasteiger partial charge is 0.378 e. The molecule has 0 unspecified atom stereocenters. The zero-order chi connectivity index (χ0) is 12.7. The Morgan fingerprint density at radius 1 is 1.29 bits per heavy atom. The van der Waals surface area contributed by atoms with Crippen LogP contribution in [0.2, 0.25) is 0 Å². The Morgan fingerprint density at radius 2 is 1.94 bits per heavy atom. The molecule has 0 radical (unpaired) electrons. The molecule has 0 fully saturated rings. The van der Waals surface area contributed by atoms with E-state index in [-0.39, 0.29) is 5.91 Å². The molecule has 0 spiro atoms. The number of nitrogens with zero attached hydrogens (tertiary/aromatic N) is 1. The van der Waals surface area contributed by atoms with Gasteiger partial charge < -0.3 is 16.0 Å². The molecule has 1 rings (SSSR count). The highest BCUT2D eigenvalue weighted by Crippen LogP contribution is 2.11. The van der Waals surface area contributed by atoms with Gasteiger partial charge in [-0.1, -0.05) is 12.1 Å². The molecule has 0 aliphatic heterocycles. The molecule has 0 atom stereocenters. The summed E-state index contributed by atoms with van der Waals surface area (Å²) < 4.78 is 0. The Kier molecular flexibility index (Phi) is 5.49. The van der Waals surface area contributed by atoms with Crippen LogP contribution < -0.4 is 16.0 Å². The second-order valence-corrected chi connectivity index (χ2v) is 4.23. The lowest BCUT2D eigenvalue weighted by molar-refractivity contribution is -0.121. The fraction of sp³-hybridized carbons (Fsp3) is 0.462. The molecule has 0 saturated carbocycles. The Labute approximate surface area is 103 Å². The maximum atomic E-state index is 11.4. The maximum Gasteiger partial charge on any atom is 0.220 e. The number of nitrogens with one attached hydrogen (secondary N) is 1. The quantitative estimate of drug-likeness (QED) is 0.776. The minimum atomic E-state index is 0.0622. The van der Waals surface area contributed by atoms with Gasteiger partial charge in [0.2, 0.25) is 5.91 Å². The summed E-state index contributed by atoms with van der Waals surface area (Å²) in [6, 6.07) is 8.14. The van der Waals surface area contributed by atoms with E-state index in [2.05, 4.69) is 5.32 Å². The van der Waals surface area contributed by atoms with Gasteiger partial charge >= 0.3 is 0 Å². The van der Waals surface area contributed by atoms with Gasteiger partial charge in [0.05, 0.1) is 0 Å². The van der Waals surface area contributed by atoms with Crippen LogP contribution in [-0.4, -0.2) is 26.5 Å². The number of hydrogen-bond acceptors (Lipinski definition) is 3. The van der Waals surface area contributed by atoms with Gasteiger partial charge in [-0.05, 0) is 30.7 Å². The van der Waals surface area contributed by atoms with Crippen LogP contribution in [-0.2, 0) is 11.3 Å². The summed E-state index contributed by atoms with van der Waals surface area (Å²) in [5, 5.41) is 2.87. The lowest BCUT2D eigenvalue weighted by atomic mass is 10.2. The van der Waals surface area contributed by atoms with Crippen molar-refractivity contribution in [2.45, 2.75) is 19.4 Å². The molecule has 0 aromatic heterocycles. The summed E-state index contributed by atoms with van der Waals surface area (Å²) in [4.78, 5) is 13.4. The van der Waals surface area contributed by atoms with Crippen molar-refractivity contribution in [1.82, 2.24) is 5.32 Å². The number of benzene rings is 1. The molecule has 0 aliphatic carbocycles. The van der Waals surface area contributed by atoms with Crippen LogP contribution in [0.25, 0.3) is 0 Å².